The summed E-state index contributed by atoms with van der Waals surface area (Å²) in [5.74, 6) is -4.74. The van der Waals surface area contributed by atoms with Crippen LogP contribution < -0.4 is 11.1 Å². The summed E-state index contributed by atoms with van der Waals surface area (Å²) in [5, 5.41) is 30.4. The van der Waals surface area contributed by atoms with E-state index in [2.05, 4.69) is 15.5 Å². The molecular weight excluding hydrogens is 651 g/mol. The van der Waals surface area contributed by atoms with Crippen LogP contribution in [-0.2, 0) is 33.4 Å². The highest BCUT2D eigenvalue weighted by Gasteiger charge is 2.55. The smallest absolute Gasteiger partial charge is 0.358 e. The van der Waals surface area contributed by atoms with Gasteiger partial charge in [0.15, 0.2) is 16.2 Å². The first-order valence-electron chi connectivity index (χ1n) is 13.3. The number of nitrogens with two attached hydrogens (primary N) is 1. The molecule has 5 atom stereocenters. The Kier molecular flexibility index (Phi) is 11.0. The highest BCUT2D eigenvalue weighted by atomic mass is 32.2. The number of β-lactam (4-membered cyclic amide) rings is 1. The number of carbonyl (C=O) groups is 6. The van der Waals surface area contributed by atoms with Gasteiger partial charge in [-0.05, 0) is 12.5 Å². The van der Waals surface area contributed by atoms with Crippen LogP contribution in [0.2, 0.25) is 0 Å². The van der Waals surface area contributed by atoms with Crippen molar-refractivity contribution in [2.75, 3.05) is 11.5 Å². The lowest BCUT2D eigenvalue weighted by atomic mass is 9.94. The van der Waals surface area contributed by atoms with E-state index in [0.29, 0.717) is 9.91 Å². The second-order valence-corrected chi connectivity index (χ2v) is 13.4. The predicted molar refractivity (Wildman–Crippen MR) is 161 cm³/mol. The molecule has 1 aromatic heterocycles. The van der Waals surface area contributed by atoms with Crippen molar-refractivity contribution >= 4 is 70.4 Å². The number of hydrogen-bond donors (Lipinski definition) is 4. The Bertz CT molecular complexity index is 1560. The Balaban J connectivity index is 1.52. The van der Waals surface area contributed by atoms with E-state index in [0.717, 1.165) is 11.9 Å². The fraction of sp³-hybridized carbons (Fsp3) is 0.407. The third-order valence-electron chi connectivity index (χ3n) is 6.52. The van der Waals surface area contributed by atoms with Crippen molar-refractivity contribution < 1.29 is 48.5 Å². The van der Waals surface area contributed by atoms with Crippen LogP contribution in [0.5, 0.6) is 0 Å². The standard InChI is InChI=1S/C27H29N5O10S3/c1-11-30-31-27(45-11)44-10-14-9-43-25-19(24(39)32(25)20(14)26(40)42-13(3)41-12(2)33)29-23(38)22(37)16-7-5-4-6-15(16)21(36)17(28)8-18(34)35/h4-7,13,17,19,22,25,37H,8-10,28H2,1-3H3,(H,29,38)(H,34,35)/t13?,17-,19?,22?,25-/m0/s1. The van der Waals surface area contributed by atoms with E-state index in [4.69, 9.17) is 20.3 Å². The summed E-state index contributed by atoms with van der Waals surface area (Å²) < 4.78 is 10.9. The fourth-order valence-corrected chi connectivity index (χ4v) is 7.85. The highest BCUT2D eigenvalue weighted by Crippen LogP contribution is 2.42. The molecule has 5 N–H and O–H groups in total. The van der Waals surface area contributed by atoms with Crippen LogP contribution in [0.4, 0.5) is 0 Å². The first kappa shape index (κ1) is 34.0. The number of aliphatic hydroxyl groups excluding tert-OH is 1. The minimum atomic E-state index is -1.90. The van der Waals surface area contributed by atoms with Crippen molar-refractivity contribution in [1.82, 2.24) is 20.4 Å². The number of hydrogen-bond acceptors (Lipinski definition) is 15. The quantitative estimate of drug-likeness (QED) is 0.0753. The van der Waals surface area contributed by atoms with Gasteiger partial charge in [-0.2, -0.15) is 0 Å². The van der Waals surface area contributed by atoms with Crippen LogP contribution >= 0.6 is 34.9 Å². The van der Waals surface area contributed by atoms with Gasteiger partial charge in [0.05, 0.1) is 12.5 Å². The number of Topliss-reactive ketones (excluding diaryl/α,β-unsaturated/α-hetero) is 1. The minimum Gasteiger partial charge on any atom is -0.481 e. The maximum Gasteiger partial charge on any atom is 0.358 e. The molecule has 0 saturated carbocycles. The third kappa shape index (κ3) is 7.88. The minimum absolute atomic E-state index is 0.0501. The van der Waals surface area contributed by atoms with Gasteiger partial charge in [-0.3, -0.25) is 28.9 Å². The van der Waals surface area contributed by atoms with E-state index < -0.39 is 71.8 Å². The van der Waals surface area contributed by atoms with E-state index in [9.17, 15) is 33.9 Å². The van der Waals surface area contributed by atoms with E-state index >= 15 is 0 Å². The number of nitrogens with one attached hydrogen (secondary N) is 1. The Labute approximate surface area is 268 Å². The lowest BCUT2D eigenvalue weighted by molar-refractivity contribution is -0.182. The number of ether oxygens (including phenoxy) is 2. The number of aliphatic hydroxyl groups is 1. The van der Waals surface area contributed by atoms with Crippen LogP contribution in [0.1, 0.15) is 47.3 Å². The van der Waals surface area contributed by atoms with Crippen LogP contribution in [0, 0.1) is 6.92 Å². The summed E-state index contributed by atoms with van der Waals surface area (Å²) >= 11 is 3.96. The summed E-state index contributed by atoms with van der Waals surface area (Å²) in [5.41, 5.74) is 5.97. The van der Waals surface area contributed by atoms with Crippen LogP contribution in [0.3, 0.4) is 0 Å². The number of aromatic nitrogens is 2. The normalized spacial score (nSPS) is 19.5. The number of amides is 2. The lowest BCUT2D eigenvalue weighted by Gasteiger charge is -2.50. The Hall–Kier alpha value is -3.84. The molecule has 1 saturated heterocycles. The van der Waals surface area contributed by atoms with Crippen molar-refractivity contribution in [2.45, 2.75) is 61.4 Å². The van der Waals surface area contributed by atoms with Gasteiger partial charge in [0.2, 0.25) is 6.29 Å². The lowest BCUT2D eigenvalue weighted by Crippen LogP contribution is -2.71. The van der Waals surface area contributed by atoms with E-state index in [1.165, 1.54) is 70.9 Å². The van der Waals surface area contributed by atoms with Crippen LogP contribution in [0.15, 0.2) is 39.9 Å². The number of esters is 2. The molecule has 240 valence electrons. The van der Waals surface area contributed by atoms with Crippen molar-refractivity contribution in [1.29, 1.82) is 0 Å². The molecule has 2 aliphatic rings. The molecule has 18 heteroatoms. The number of fused-ring (bicyclic) bond motifs is 1. The van der Waals surface area contributed by atoms with Gasteiger partial charge in [-0.25, -0.2) is 4.79 Å². The molecule has 45 heavy (non-hydrogen) atoms. The summed E-state index contributed by atoms with van der Waals surface area (Å²) in [6.45, 7) is 4.31. The van der Waals surface area contributed by atoms with Gasteiger partial charge in [-0.1, -0.05) is 47.4 Å². The van der Waals surface area contributed by atoms with Gasteiger partial charge in [-0.15, -0.1) is 22.0 Å². The van der Waals surface area contributed by atoms with Crippen molar-refractivity contribution in [3.05, 3.63) is 51.7 Å². The number of aryl methyl sites for hydroxylation is 1. The number of thioether (sulfide) groups is 2. The predicted octanol–water partition coefficient (Wildman–Crippen LogP) is 0.763. The summed E-state index contributed by atoms with van der Waals surface area (Å²) in [6, 6.07) is 3.03. The Morgan fingerprint density at radius 3 is 2.56 bits per heavy atom. The fourth-order valence-electron chi connectivity index (χ4n) is 4.55. The average Bonchev–Trinajstić information content (AvgIpc) is 3.41. The van der Waals surface area contributed by atoms with Gasteiger partial charge in [0.25, 0.3) is 11.8 Å². The Morgan fingerprint density at radius 2 is 1.91 bits per heavy atom. The number of benzene rings is 1. The molecule has 2 amide bonds. The van der Waals surface area contributed by atoms with Gasteiger partial charge < -0.3 is 30.7 Å². The maximum absolute atomic E-state index is 13.4. The summed E-state index contributed by atoms with van der Waals surface area (Å²) in [6.07, 6.45) is -3.78. The average molecular weight is 680 g/mol. The molecule has 0 bridgehead atoms. The zero-order valence-corrected chi connectivity index (χ0v) is 26.6. The van der Waals surface area contributed by atoms with Crippen molar-refractivity contribution in [2.24, 2.45) is 5.73 Å². The monoisotopic (exact) mass is 679 g/mol. The summed E-state index contributed by atoms with van der Waals surface area (Å²) in [4.78, 5) is 76.1. The molecule has 0 spiro atoms. The van der Waals surface area contributed by atoms with Crippen LogP contribution in [-0.4, -0.2) is 96.1 Å². The van der Waals surface area contributed by atoms with E-state index in [-0.39, 0.29) is 28.3 Å². The molecule has 0 aliphatic carbocycles. The van der Waals surface area contributed by atoms with Gasteiger partial charge in [0, 0.05) is 36.5 Å². The molecule has 15 nitrogen and oxygen atoms in total. The van der Waals surface area contributed by atoms with E-state index in [1.807, 2.05) is 0 Å². The largest absolute Gasteiger partial charge is 0.481 e. The molecule has 1 aromatic carbocycles. The zero-order chi connectivity index (χ0) is 33.0. The summed E-state index contributed by atoms with van der Waals surface area (Å²) in [7, 11) is 0. The van der Waals surface area contributed by atoms with Crippen molar-refractivity contribution in [3.8, 4) is 0 Å². The van der Waals surface area contributed by atoms with Crippen molar-refractivity contribution in [3.63, 3.8) is 0 Å². The van der Waals surface area contributed by atoms with Gasteiger partial charge >= 0.3 is 17.9 Å². The van der Waals surface area contributed by atoms with Gasteiger partial charge in [0.1, 0.15) is 22.1 Å². The molecule has 3 heterocycles. The molecule has 1 fully saturated rings. The number of carboxylic acids is 1. The van der Waals surface area contributed by atoms with Crippen LogP contribution in [0.25, 0.3) is 0 Å². The molecule has 2 aromatic rings. The molecule has 3 unspecified atom stereocenters. The molecular formula is C27H29N5O10S3. The third-order valence-corrected chi connectivity index (χ3v) is 9.92. The Morgan fingerprint density at radius 1 is 1.20 bits per heavy atom. The SMILES string of the molecule is CC(=O)OC(C)OC(=O)C1=C(CSc2nnc(C)s2)CS[C@H]2C(NC(=O)C(O)c3ccccc3C(=O)[C@@H](N)CC(=O)O)C(=O)N12. The zero-order valence-electron chi connectivity index (χ0n) is 24.1. The second kappa shape index (κ2) is 14.5. The molecule has 0 radical (unpaired) electrons. The molecule has 4 rings (SSSR count). The molecule has 2 aliphatic heterocycles. The second-order valence-electron chi connectivity index (χ2n) is 9.86. The maximum atomic E-state index is 13.4. The number of carbonyl (C=O) groups excluding carboxylic acids is 5. The topological polar surface area (TPSA) is 228 Å². The van der Waals surface area contributed by atoms with E-state index in [1.54, 1.807) is 6.92 Å². The first-order chi connectivity index (χ1) is 21.3. The number of ketones is 1. The number of rotatable bonds is 13. The number of aliphatic carboxylic acids is 1. The number of carboxylic acid groups (broad SMARTS) is 1. The number of nitrogens with zero attached hydrogens (tertiary/aromatic N) is 3. The first-order valence-corrected chi connectivity index (χ1v) is 16.2. The highest BCUT2D eigenvalue weighted by molar-refractivity contribution is 8.01.